The van der Waals surface area contributed by atoms with Crippen molar-refractivity contribution in [2.75, 3.05) is 26.2 Å². The van der Waals surface area contributed by atoms with Crippen LogP contribution in [0.15, 0.2) is 24.3 Å². The fraction of sp³-hybridized carbons (Fsp3) is 0.625. The number of nitrogens with one attached hydrogen (secondary N) is 1. The van der Waals surface area contributed by atoms with Crippen LogP contribution in [0.3, 0.4) is 0 Å². The van der Waals surface area contributed by atoms with Crippen LogP contribution in [0.2, 0.25) is 0 Å². The summed E-state index contributed by atoms with van der Waals surface area (Å²) in [5.41, 5.74) is 1.31. The number of hydrogen-bond donors (Lipinski definition) is 1. The number of fused-ring (bicyclic) bond motifs is 2. The van der Waals surface area contributed by atoms with Crippen molar-refractivity contribution in [3.05, 3.63) is 29.8 Å². The molecular formula is C16H24N2O. The molecule has 2 heterocycles. The normalized spacial score (nSPS) is 26.3. The molecule has 2 bridgehead atoms. The first kappa shape index (κ1) is 12.9. The van der Waals surface area contributed by atoms with Gasteiger partial charge < -0.3 is 10.1 Å². The maximum Gasteiger partial charge on any atom is 0.122 e. The lowest BCUT2D eigenvalue weighted by atomic mass is 10.0. The van der Waals surface area contributed by atoms with E-state index in [9.17, 15) is 0 Å². The zero-order valence-electron chi connectivity index (χ0n) is 11.9. The lowest BCUT2D eigenvalue weighted by Gasteiger charge is -2.27. The quantitative estimate of drug-likeness (QED) is 0.878. The second-order valence-electron chi connectivity index (χ2n) is 6.03. The van der Waals surface area contributed by atoms with Crippen molar-refractivity contribution >= 4 is 0 Å². The number of nitrogens with zero attached hydrogens (tertiary/aromatic N) is 1. The molecule has 1 aromatic carbocycles. The average molecular weight is 260 g/mol. The molecule has 3 nitrogen and oxygen atoms in total. The molecule has 0 aliphatic carbocycles. The predicted octanol–water partition coefficient (Wildman–Crippen LogP) is 2.23. The number of para-hydroxylation sites is 1. The van der Waals surface area contributed by atoms with Gasteiger partial charge in [-0.2, -0.15) is 0 Å². The summed E-state index contributed by atoms with van der Waals surface area (Å²) in [5, 5.41) is 3.54. The summed E-state index contributed by atoms with van der Waals surface area (Å²) in [6.45, 7) is 8.63. The molecule has 2 aliphatic heterocycles. The van der Waals surface area contributed by atoms with Crippen molar-refractivity contribution in [1.29, 1.82) is 0 Å². The van der Waals surface area contributed by atoms with Crippen LogP contribution in [0.25, 0.3) is 0 Å². The molecule has 0 aromatic heterocycles. The maximum absolute atomic E-state index is 6.01. The molecule has 0 spiro atoms. The first-order chi connectivity index (χ1) is 9.24. The summed E-state index contributed by atoms with van der Waals surface area (Å²) < 4.78 is 6.01. The molecule has 2 atom stereocenters. The van der Waals surface area contributed by atoms with Crippen LogP contribution < -0.4 is 10.1 Å². The molecular weight excluding hydrogens is 236 g/mol. The van der Waals surface area contributed by atoms with Gasteiger partial charge in [0.2, 0.25) is 0 Å². The van der Waals surface area contributed by atoms with Crippen LogP contribution >= 0.6 is 0 Å². The second kappa shape index (κ2) is 5.51. The lowest BCUT2D eigenvalue weighted by molar-refractivity contribution is 0.179. The van der Waals surface area contributed by atoms with Gasteiger partial charge in [0.1, 0.15) is 12.4 Å². The fourth-order valence-electron chi connectivity index (χ4n) is 3.28. The highest BCUT2D eigenvalue weighted by molar-refractivity contribution is 5.35. The minimum atomic E-state index is 0.517. The molecule has 0 saturated carbocycles. The minimum Gasteiger partial charge on any atom is -0.492 e. The smallest absolute Gasteiger partial charge is 0.122 e. The van der Waals surface area contributed by atoms with Gasteiger partial charge in [-0.15, -0.1) is 0 Å². The van der Waals surface area contributed by atoms with Crippen LogP contribution in [-0.4, -0.2) is 43.2 Å². The van der Waals surface area contributed by atoms with Gasteiger partial charge in [0.05, 0.1) is 0 Å². The van der Waals surface area contributed by atoms with Crippen LogP contribution in [0.4, 0.5) is 0 Å². The molecule has 104 valence electrons. The third kappa shape index (κ3) is 2.77. The summed E-state index contributed by atoms with van der Waals surface area (Å²) in [6.07, 6.45) is 1.32. The zero-order chi connectivity index (χ0) is 13.2. The maximum atomic E-state index is 6.01. The van der Waals surface area contributed by atoms with E-state index in [2.05, 4.69) is 48.3 Å². The van der Waals surface area contributed by atoms with E-state index in [1.807, 2.05) is 0 Å². The van der Waals surface area contributed by atoms with Crippen molar-refractivity contribution < 1.29 is 4.74 Å². The number of hydrogen-bond acceptors (Lipinski definition) is 3. The summed E-state index contributed by atoms with van der Waals surface area (Å²) in [4.78, 5) is 2.57. The Bertz CT molecular complexity index is 433. The monoisotopic (exact) mass is 260 g/mol. The van der Waals surface area contributed by atoms with Crippen LogP contribution in [0.1, 0.15) is 31.7 Å². The highest BCUT2D eigenvalue weighted by Crippen LogP contribution is 2.26. The van der Waals surface area contributed by atoms with Crippen molar-refractivity contribution in [3.8, 4) is 5.75 Å². The SMILES string of the molecule is CC(C)c1ccccc1OCCN1C[C@H]2C[C@@H]1CN2. The highest BCUT2D eigenvalue weighted by Gasteiger charge is 2.36. The Labute approximate surface area is 115 Å². The van der Waals surface area contributed by atoms with Gasteiger partial charge in [-0.1, -0.05) is 32.0 Å². The van der Waals surface area contributed by atoms with E-state index < -0.39 is 0 Å². The number of likely N-dealkylation sites (tertiary alicyclic amines) is 1. The number of ether oxygens (including phenoxy) is 1. The topological polar surface area (TPSA) is 24.5 Å². The molecule has 2 fully saturated rings. The standard InChI is InChI=1S/C16H24N2O/c1-12(2)15-5-3-4-6-16(15)19-8-7-18-11-13-9-14(18)10-17-13/h3-6,12-14,17H,7-11H2,1-2H3/t13-,14-/m1/s1. The summed E-state index contributed by atoms with van der Waals surface area (Å²) in [5.74, 6) is 1.57. The molecule has 0 amide bonds. The molecule has 19 heavy (non-hydrogen) atoms. The van der Waals surface area contributed by atoms with E-state index in [-0.39, 0.29) is 0 Å². The molecule has 3 heteroatoms. The van der Waals surface area contributed by atoms with Gasteiger partial charge in [0.15, 0.2) is 0 Å². The van der Waals surface area contributed by atoms with Crippen molar-refractivity contribution in [1.82, 2.24) is 10.2 Å². The summed E-state index contributed by atoms with van der Waals surface area (Å²) in [6, 6.07) is 9.88. The van der Waals surface area contributed by atoms with E-state index in [1.54, 1.807) is 0 Å². The predicted molar refractivity (Wildman–Crippen MR) is 77.8 cm³/mol. The molecule has 0 radical (unpaired) electrons. The average Bonchev–Trinajstić information content (AvgIpc) is 3.01. The van der Waals surface area contributed by atoms with E-state index in [0.29, 0.717) is 5.92 Å². The van der Waals surface area contributed by atoms with Gasteiger partial charge in [-0.25, -0.2) is 0 Å². The first-order valence-electron chi connectivity index (χ1n) is 7.43. The van der Waals surface area contributed by atoms with Crippen LogP contribution in [0, 0.1) is 0 Å². The third-order valence-electron chi connectivity index (χ3n) is 4.35. The second-order valence-corrected chi connectivity index (χ2v) is 6.03. The van der Waals surface area contributed by atoms with E-state index in [1.165, 1.54) is 18.5 Å². The highest BCUT2D eigenvalue weighted by atomic mass is 16.5. The van der Waals surface area contributed by atoms with Gasteiger partial charge in [0.25, 0.3) is 0 Å². The Hall–Kier alpha value is -1.06. The van der Waals surface area contributed by atoms with Gasteiger partial charge in [-0.3, -0.25) is 4.90 Å². The first-order valence-corrected chi connectivity index (χ1v) is 7.43. The summed E-state index contributed by atoms with van der Waals surface area (Å²) >= 11 is 0. The number of rotatable bonds is 5. The van der Waals surface area contributed by atoms with Gasteiger partial charge in [-0.05, 0) is 24.0 Å². The molecule has 1 N–H and O–H groups in total. The van der Waals surface area contributed by atoms with Gasteiger partial charge >= 0.3 is 0 Å². The molecule has 2 saturated heterocycles. The molecule has 3 rings (SSSR count). The Morgan fingerprint density at radius 1 is 1.37 bits per heavy atom. The van der Waals surface area contributed by atoms with E-state index in [0.717, 1.165) is 37.5 Å². The molecule has 1 aromatic rings. The largest absolute Gasteiger partial charge is 0.492 e. The lowest BCUT2D eigenvalue weighted by Crippen LogP contribution is -2.45. The number of piperazine rings is 1. The summed E-state index contributed by atoms with van der Waals surface area (Å²) in [7, 11) is 0. The molecule has 2 aliphatic rings. The van der Waals surface area contributed by atoms with Crippen molar-refractivity contribution in [2.45, 2.75) is 38.3 Å². The van der Waals surface area contributed by atoms with Gasteiger partial charge in [0, 0.05) is 31.7 Å². The van der Waals surface area contributed by atoms with Crippen LogP contribution in [0.5, 0.6) is 5.75 Å². The Balaban J connectivity index is 1.52. The Morgan fingerprint density at radius 3 is 2.89 bits per heavy atom. The number of benzene rings is 1. The van der Waals surface area contributed by atoms with E-state index in [4.69, 9.17) is 4.74 Å². The zero-order valence-corrected chi connectivity index (χ0v) is 11.9. The van der Waals surface area contributed by atoms with Crippen LogP contribution in [-0.2, 0) is 0 Å². The van der Waals surface area contributed by atoms with Crippen molar-refractivity contribution in [3.63, 3.8) is 0 Å². The Morgan fingerprint density at radius 2 is 2.21 bits per heavy atom. The third-order valence-corrected chi connectivity index (χ3v) is 4.35. The van der Waals surface area contributed by atoms with E-state index >= 15 is 0 Å². The fourth-order valence-corrected chi connectivity index (χ4v) is 3.28. The molecule has 0 unspecified atom stereocenters. The Kier molecular flexibility index (Phi) is 3.76. The minimum absolute atomic E-state index is 0.517. The van der Waals surface area contributed by atoms with Crippen molar-refractivity contribution in [2.24, 2.45) is 0 Å².